The third-order valence-electron chi connectivity index (χ3n) is 3.44. The molecule has 2 aromatic carbocycles. The first-order valence-electron chi connectivity index (χ1n) is 7.23. The molecule has 1 aromatic heterocycles. The number of benzene rings is 2. The minimum Gasteiger partial charge on any atom is -0.382 e. The van der Waals surface area contributed by atoms with Gasteiger partial charge in [-0.2, -0.15) is 8.42 Å². The Kier molecular flexibility index (Phi) is 4.89. The van der Waals surface area contributed by atoms with Crippen LogP contribution in [0.1, 0.15) is 15.2 Å². The lowest BCUT2D eigenvalue weighted by Gasteiger charge is -2.03. The maximum absolute atomic E-state index is 13.8. The number of aromatic nitrogens is 1. The molecule has 0 fully saturated rings. The highest BCUT2D eigenvalue weighted by molar-refractivity contribution is 7.86. The first-order chi connectivity index (χ1) is 12.7. The fraction of sp³-hybridized carbons (Fsp3) is 0. The van der Waals surface area contributed by atoms with Crippen LogP contribution in [0.4, 0.5) is 29.3 Å². The summed E-state index contributed by atoms with van der Waals surface area (Å²) in [5, 5.41) is 2.88. The SMILES string of the molecule is Nc1nc(Nc2ccc(S(=O)(=O)F)cc2)sc1C(=O)c1c(F)cccc1F. The topological polar surface area (TPSA) is 102 Å². The summed E-state index contributed by atoms with van der Waals surface area (Å²) in [5.41, 5.74) is 5.28. The van der Waals surface area contributed by atoms with Gasteiger partial charge in [-0.1, -0.05) is 17.4 Å². The number of rotatable bonds is 5. The van der Waals surface area contributed by atoms with E-state index in [0.717, 1.165) is 41.7 Å². The van der Waals surface area contributed by atoms with Crippen LogP contribution in [-0.2, 0) is 10.2 Å². The number of nitrogen functional groups attached to an aromatic ring is 1. The number of carbonyl (C=O) groups is 1. The molecule has 0 aliphatic heterocycles. The van der Waals surface area contributed by atoms with Crippen LogP contribution in [0.15, 0.2) is 47.4 Å². The Hall–Kier alpha value is -2.92. The Morgan fingerprint density at radius 3 is 2.22 bits per heavy atom. The van der Waals surface area contributed by atoms with Gasteiger partial charge in [0.25, 0.3) is 0 Å². The second-order valence-corrected chi connectivity index (χ2v) is 7.59. The summed E-state index contributed by atoms with van der Waals surface area (Å²) in [6.45, 7) is 0. The second kappa shape index (κ2) is 7.00. The van der Waals surface area contributed by atoms with Crippen LogP contribution in [0.3, 0.4) is 0 Å². The third-order valence-corrected chi connectivity index (χ3v) is 5.26. The van der Waals surface area contributed by atoms with Gasteiger partial charge in [-0.3, -0.25) is 4.79 Å². The number of nitrogens with zero attached hydrogens (tertiary/aromatic N) is 1. The molecule has 3 rings (SSSR count). The molecule has 0 saturated heterocycles. The molecule has 27 heavy (non-hydrogen) atoms. The lowest BCUT2D eigenvalue weighted by molar-refractivity contribution is 0.103. The quantitative estimate of drug-likeness (QED) is 0.489. The zero-order valence-corrected chi connectivity index (χ0v) is 14.9. The average Bonchev–Trinajstić information content (AvgIpc) is 2.94. The van der Waals surface area contributed by atoms with E-state index < -0.39 is 38.1 Å². The van der Waals surface area contributed by atoms with Gasteiger partial charge in [0.2, 0.25) is 5.78 Å². The van der Waals surface area contributed by atoms with E-state index in [0.29, 0.717) is 5.69 Å². The van der Waals surface area contributed by atoms with Crippen molar-refractivity contribution in [1.29, 1.82) is 0 Å². The van der Waals surface area contributed by atoms with E-state index in [1.165, 1.54) is 12.1 Å². The smallest absolute Gasteiger partial charge is 0.332 e. The summed E-state index contributed by atoms with van der Waals surface area (Å²) >= 11 is 0.762. The van der Waals surface area contributed by atoms with Gasteiger partial charge in [0.1, 0.15) is 22.3 Å². The Morgan fingerprint density at radius 1 is 1.07 bits per heavy atom. The molecule has 11 heteroatoms. The van der Waals surface area contributed by atoms with Crippen LogP contribution < -0.4 is 11.1 Å². The van der Waals surface area contributed by atoms with Crippen molar-refractivity contribution >= 4 is 44.0 Å². The highest BCUT2D eigenvalue weighted by atomic mass is 32.3. The molecule has 0 bridgehead atoms. The molecule has 0 aliphatic carbocycles. The second-order valence-electron chi connectivity index (χ2n) is 5.25. The number of hydrogen-bond donors (Lipinski definition) is 2. The Labute approximate surface area is 155 Å². The van der Waals surface area contributed by atoms with E-state index >= 15 is 0 Å². The van der Waals surface area contributed by atoms with Gasteiger partial charge in [-0.05, 0) is 36.4 Å². The highest BCUT2D eigenvalue weighted by Crippen LogP contribution is 2.31. The van der Waals surface area contributed by atoms with E-state index in [2.05, 4.69) is 10.3 Å². The van der Waals surface area contributed by atoms with Crippen molar-refractivity contribution in [2.75, 3.05) is 11.1 Å². The number of halogens is 3. The molecule has 0 radical (unpaired) electrons. The normalized spacial score (nSPS) is 11.4. The van der Waals surface area contributed by atoms with Gasteiger partial charge >= 0.3 is 10.2 Å². The lowest BCUT2D eigenvalue weighted by Crippen LogP contribution is -2.07. The number of thiazole rings is 1. The number of carbonyl (C=O) groups excluding carboxylic acids is 1. The highest BCUT2D eigenvalue weighted by Gasteiger charge is 2.24. The zero-order valence-electron chi connectivity index (χ0n) is 13.2. The predicted octanol–water partition coefficient (Wildman–Crippen LogP) is 3.64. The molecular formula is C16H10F3N3O3S2. The molecule has 0 amide bonds. The van der Waals surface area contributed by atoms with Gasteiger partial charge < -0.3 is 11.1 Å². The van der Waals surface area contributed by atoms with Crippen molar-refractivity contribution in [2.45, 2.75) is 4.90 Å². The van der Waals surface area contributed by atoms with Gasteiger partial charge in [0.15, 0.2) is 5.13 Å². The summed E-state index contributed by atoms with van der Waals surface area (Å²) in [5.74, 6) is -3.22. The van der Waals surface area contributed by atoms with Crippen LogP contribution in [0, 0.1) is 11.6 Å². The Balaban J connectivity index is 1.88. The van der Waals surface area contributed by atoms with Crippen LogP contribution in [0.2, 0.25) is 0 Å². The monoisotopic (exact) mass is 413 g/mol. The minimum absolute atomic E-state index is 0.128. The first-order valence-corrected chi connectivity index (χ1v) is 9.43. The maximum atomic E-state index is 13.8. The standard InChI is InChI=1S/C16H10F3N3O3S2/c17-10-2-1-3-11(18)12(10)13(23)14-15(20)22-16(26-14)21-8-4-6-9(7-5-8)27(19,24)25/h1-7H,20H2,(H,21,22). The molecule has 0 atom stereocenters. The zero-order chi connectivity index (χ0) is 19.8. The first kappa shape index (κ1) is 18.9. The molecule has 3 aromatic rings. The number of nitrogens with two attached hydrogens (primary N) is 1. The molecule has 140 valence electrons. The molecule has 0 aliphatic rings. The molecule has 0 saturated carbocycles. The fourth-order valence-electron chi connectivity index (χ4n) is 2.20. The van der Waals surface area contributed by atoms with Gasteiger partial charge in [0.05, 0.1) is 10.5 Å². The number of hydrogen-bond acceptors (Lipinski definition) is 7. The van der Waals surface area contributed by atoms with Gasteiger partial charge in [-0.15, -0.1) is 3.89 Å². The van der Waals surface area contributed by atoms with Crippen molar-refractivity contribution in [2.24, 2.45) is 0 Å². The molecular weight excluding hydrogens is 403 g/mol. The molecule has 1 heterocycles. The van der Waals surface area contributed by atoms with Gasteiger partial charge in [0, 0.05) is 5.69 Å². The number of anilines is 3. The predicted molar refractivity (Wildman–Crippen MR) is 94.3 cm³/mol. The summed E-state index contributed by atoms with van der Waals surface area (Å²) < 4.78 is 62.1. The van der Waals surface area contributed by atoms with E-state index in [-0.39, 0.29) is 15.8 Å². The third kappa shape index (κ3) is 3.93. The molecule has 0 unspecified atom stereocenters. The summed E-state index contributed by atoms with van der Waals surface area (Å²) in [6.07, 6.45) is 0. The van der Waals surface area contributed by atoms with E-state index in [1.807, 2.05) is 0 Å². The van der Waals surface area contributed by atoms with E-state index in [9.17, 15) is 25.9 Å². The molecule has 6 nitrogen and oxygen atoms in total. The van der Waals surface area contributed by atoms with E-state index in [1.54, 1.807) is 0 Å². The van der Waals surface area contributed by atoms with Crippen LogP contribution in [0.5, 0.6) is 0 Å². The Bertz CT molecular complexity index is 1110. The van der Waals surface area contributed by atoms with Crippen LogP contribution >= 0.6 is 11.3 Å². The van der Waals surface area contributed by atoms with Crippen LogP contribution in [-0.4, -0.2) is 19.2 Å². The lowest BCUT2D eigenvalue weighted by atomic mass is 10.1. The van der Waals surface area contributed by atoms with Crippen molar-refractivity contribution in [3.8, 4) is 0 Å². The summed E-state index contributed by atoms with van der Waals surface area (Å²) in [6, 6.07) is 7.67. The summed E-state index contributed by atoms with van der Waals surface area (Å²) in [7, 11) is -4.82. The van der Waals surface area contributed by atoms with Crippen molar-refractivity contribution in [3.63, 3.8) is 0 Å². The molecule has 0 spiro atoms. The Morgan fingerprint density at radius 2 is 1.67 bits per heavy atom. The van der Waals surface area contributed by atoms with E-state index in [4.69, 9.17) is 5.73 Å². The van der Waals surface area contributed by atoms with Gasteiger partial charge in [-0.25, -0.2) is 13.8 Å². The average molecular weight is 413 g/mol. The minimum atomic E-state index is -4.82. The van der Waals surface area contributed by atoms with Crippen LogP contribution in [0.25, 0.3) is 0 Å². The number of ketones is 1. The largest absolute Gasteiger partial charge is 0.382 e. The maximum Gasteiger partial charge on any atom is 0.332 e. The molecule has 3 N–H and O–H groups in total. The van der Waals surface area contributed by atoms with Crippen molar-refractivity contribution in [3.05, 3.63) is 64.5 Å². The number of nitrogens with one attached hydrogen (secondary N) is 1. The van der Waals surface area contributed by atoms with Crippen molar-refractivity contribution < 1.29 is 25.9 Å². The fourth-order valence-corrected chi connectivity index (χ4v) is 3.51. The summed E-state index contributed by atoms with van der Waals surface area (Å²) in [4.78, 5) is 15.6. The van der Waals surface area contributed by atoms with Crippen molar-refractivity contribution in [1.82, 2.24) is 4.98 Å².